The zero-order valence-electron chi connectivity index (χ0n) is 4.30. The van der Waals surface area contributed by atoms with Crippen molar-refractivity contribution in [1.82, 2.24) is 0 Å². The lowest BCUT2D eigenvalue weighted by atomic mass is 10.3. The highest BCUT2D eigenvalue weighted by molar-refractivity contribution is 5.87. The van der Waals surface area contributed by atoms with Gasteiger partial charge in [-0.25, -0.2) is 4.79 Å². The average molecular weight is 130 g/mol. The number of carboxylic acids is 1. The monoisotopic (exact) mass is 130 g/mol. The molecule has 0 fully saturated rings. The highest BCUT2D eigenvalue weighted by Gasteiger charge is 2.11. The number of carbonyl (C=O) groups is 1. The molecule has 4 heteroatoms. The van der Waals surface area contributed by atoms with Crippen LogP contribution in [0.3, 0.4) is 0 Å². The molecule has 0 bridgehead atoms. The van der Waals surface area contributed by atoms with Crippen LogP contribution in [-0.2, 0) is 0 Å². The lowest BCUT2D eigenvalue weighted by Crippen LogP contribution is -1.95. The molecule has 0 aliphatic rings. The van der Waals surface area contributed by atoms with Gasteiger partial charge in [-0.05, 0) is 6.07 Å². The molecule has 0 unspecified atom stereocenters. The Labute approximate surface area is 49.7 Å². The predicted octanol–water partition coefficient (Wildman–Crippen LogP) is 1.12. The van der Waals surface area contributed by atoms with E-state index in [0.717, 1.165) is 12.3 Å². The summed E-state index contributed by atoms with van der Waals surface area (Å²) in [5.41, 5.74) is -0.435. The highest BCUT2D eigenvalue weighted by atomic mass is 19.1. The van der Waals surface area contributed by atoms with Gasteiger partial charge in [0, 0.05) is 0 Å². The van der Waals surface area contributed by atoms with Crippen molar-refractivity contribution in [2.45, 2.75) is 0 Å². The summed E-state index contributed by atoms with van der Waals surface area (Å²) < 4.78 is 16.1. The van der Waals surface area contributed by atoms with Crippen LogP contribution in [0.2, 0.25) is 0 Å². The molecule has 9 heavy (non-hydrogen) atoms. The van der Waals surface area contributed by atoms with Gasteiger partial charge in [0.2, 0.25) is 0 Å². The van der Waals surface area contributed by atoms with E-state index in [1.165, 1.54) is 0 Å². The van der Waals surface area contributed by atoms with E-state index in [4.69, 9.17) is 5.11 Å². The highest BCUT2D eigenvalue weighted by Crippen LogP contribution is 2.06. The molecule has 1 aromatic rings. The van der Waals surface area contributed by atoms with E-state index in [0.29, 0.717) is 0 Å². The third-order valence-electron chi connectivity index (χ3n) is 0.848. The molecule has 0 saturated carbocycles. The van der Waals surface area contributed by atoms with Crippen LogP contribution in [0.5, 0.6) is 0 Å². The zero-order valence-corrected chi connectivity index (χ0v) is 4.30. The minimum Gasteiger partial charge on any atom is -0.477 e. The van der Waals surface area contributed by atoms with Crippen LogP contribution in [0.25, 0.3) is 0 Å². The topological polar surface area (TPSA) is 50.4 Å². The van der Waals surface area contributed by atoms with Crippen LogP contribution in [-0.4, -0.2) is 11.1 Å². The number of hydrogen-bond acceptors (Lipinski definition) is 2. The maximum Gasteiger partial charge on any atom is 0.342 e. The minimum atomic E-state index is -1.32. The zero-order chi connectivity index (χ0) is 6.85. The molecular formula is C5H3FO3. The van der Waals surface area contributed by atoms with Gasteiger partial charge in [0.15, 0.2) is 0 Å². The van der Waals surface area contributed by atoms with Gasteiger partial charge in [-0.3, -0.25) is 0 Å². The Kier molecular flexibility index (Phi) is 1.22. The first-order valence-electron chi connectivity index (χ1n) is 2.18. The van der Waals surface area contributed by atoms with Crippen LogP contribution in [0.15, 0.2) is 16.7 Å². The van der Waals surface area contributed by atoms with Gasteiger partial charge in [-0.2, -0.15) is 4.39 Å². The fourth-order valence-electron chi connectivity index (χ4n) is 0.446. The van der Waals surface area contributed by atoms with Gasteiger partial charge in [-0.1, -0.05) is 0 Å². The third kappa shape index (κ3) is 0.910. The summed E-state index contributed by atoms with van der Waals surface area (Å²) >= 11 is 0. The molecule has 0 aromatic carbocycles. The van der Waals surface area contributed by atoms with Crippen LogP contribution < -0.4 is 0 Å². The van der Waals surface area contributed by atoms with Crippen molar-refractivity contribution in [2.24, 2.45) is 0 Å². The number of halogens is 1. The van der Waals surface area contributed by atoms with Gasteiger partial charge in [0.25, 0.3) is 6.01 Å². The van der Waals surface area contributed by atoms with Gasteiger partial charge in [0.05, 0.1) is 6.26 Å². The molecule has 0 radical (unpaired) electrons. The maximum absolute atomic E-state index is 12.1. The molecule has 1 rings (SSSR count). The van der Waals surface area contributed by atoms with E-state index in [-0.39, 0.29) is 0 Å². The number of hydrogen-bond donors (Lipinski definition) is 1. The Morgan fingerprint density at radius 1 is 1.78 bits per heavy atom. The number of carboxylic acid groups (broad SMARTS) is 1. The lowest BCUT2D eigenvalue weighted by molar-refractivity contribution is 0.0688. The van der Waals surface area contributed by atoms with Crippen LogP contribution in [0, 0.1) is 6.01 Å². The summed E-state index contributed by atoms with van der Waals surface area (Å²) in [6.45, 7) is 0. The molecule has 48 valence electrons. The Morgan fingerprint density at radius 2 is 2.44 bits per heavy atom. The first-order chi connectivity index (χ1) is 4.22. The summed E-state index contributed by atoms with van der Waals surface area (Å²) in [5, 5.41) is 8.15. The van der Waals surface area contributed by atoms with Crippen molar-refractivity contribution < 1.29 is 18.7 Å². The summed E-state index contributed by atoms with van der Waals surface area (Å²) in [6.07, 6.45) is 0.985. The second-order valence-corrected chi connectivity index (χ2v) is 1.41. The molecule has 0 spiro atoms. The lowest BCUT2D eigenvalue weighted by Gasteiger charge is -1.81. The average Bonchev–Trinajstić information content (AvgIpc) is 2.13. The molecule has 0 atom stereocenters. The van der Waals surface area contributed by atoms with Crippen molar-refractivity contribution in [3.05, 3.63) is 23.9 Å². The van der Waals surface area contributed by atoms with E-state index < -0.39 is 17.5 Å². The fourth-order valence-corrected chi connectivity index (χ4v) is 0.446. The molecule has 0 saturated heterocycles. The number of furan rings is 1. The van der Waals surface area contributed by atoms with Crippen LogP contribution in [0.1, 0.15) is 10.4 Å². The van der Waals surface area contributed by atoms with Gasteiger partial charge in [-0.15, -0.1) is 0 Å². The SMILES string of the molecule is O=C(O)c1ccoc1F. The molecule has 3 nitrogen and oxygen atoms in total. The maximum atomic E-state index is 12.1. The Balaban J connectivity index is 3.08. The van der Waals surface area contributed by atoms with E-state index in [2.05, 4.69) is 4.42 Å². The summed E-state index contributed by atoms with van der Waals surface area (Å²) in [6, 6.07) is -0.000000000000000222. The van der Waals surface area contributed by atoms with Crippen molar-refractivity contribution in [2.75, 3.05) is 0 Å². The normalized spacial score (nSPS) is 9.44. The first kappa shape index (κ1) is 5.81. The summed E-state index contributed by atoms with van der Waals surface area (Å²) in [4.78, 5) is 9.98. The second kappa shape index (κ2) is 1.89. The van der Waals surface area contributed by atoms with Gasteiger partial charge >= 0.3 is 5.97 Å². The van der Waals surface area contributed by atoms with Crippen molar-refractivity contribution >= 4 is 5.97 Å². The molecule has 1 aromatic heterocycles. The standard InChI is InChI=1S/C5H3FO3/c6-4-3(5(7)8)1-2-9-4/h1-2H,(H,7,8). The van der Waals surface area contributed by atoms with Crippen molar-refractivity contribution in [3.63, 3.8) is 0 Å². The Bertz CT molecular complexity index is 228. The first-order valence-corrected chi connectivity index (χ1v) is 2.18. The number of rotatable bonds is 1. The van der Waals surface area contributed by atoms with Gasteiger partial charge < -0.3 is 9.52 Å². The third-order valence-corrected chi connectivity index (χ3v) is 0.848. The van der Waals surface area contributed by atoms with Crippen LogP contribution in [0.4, 0.5) is 4.39 Å². The Morgan fingerprint density at radius 3 is 2.67 bits per heavy atom. The molecule has 0 aliphatic heterocycles. The quantitative estimate of drug-likeness (QED) is 0.619. The van der Waals surface area contributed by atoms with E-state index in [1.807, 2.05) is 0 Å². The van der Waals surface area contributed by atoms with Gasteiger partial charge in [0.1, 0.15) is 5.56 Å². The van der Waals surface area contributed by atoms with E-state index >= 15 is 0 Å². The molecule has 1 N–H and O–H groups in total. The van der Waals surface area contributed by atoms with E-state index in [1.54, 1.807) is 0 Å². The van der Waals surface area contributed by atoms with Crippen molar-refractivity contribution in [3.8, 4) is 0 Å². The second-order valence-electron chi connectivity index (χ2n) is 1.41. The molecule has 0 amide bonds. The fraction of sp³-hybridized carbons (Fsp3) is 0. The molecule has 0 aliphatic carbocycles. The predicted molar refractivity (Wildman–Crippen MR) is 25.6 cm³/mol. The van der Waals surface area contributed by atoms with E-state index in [9.17, 15) is 9.18 Å². The Hall–Kier alpha value is -1.32. The number of aromatic carboxylic acids is 1. The summed E-state index contributed by atoms with van der Waals surface area (Å²) in [7, 11) is 0. The van der Waals surface area contributed by atoms with Crippen molar-refractivity contribution in [1.29, 1.82) is 0 Å². The minimum absolute atomic E-state index is 0.435. The molecule has 1 heterocycles. The smallest absolute Gasteiger partial charge is 0.342 e. The molecular weight excluding hydrogens is 127 g/mol. The largest absolute Gasteiger partial charge is 0.477 e. The summed E-state index contributed by atoms with van der Waals surface area (Å²) in [5.74, 6) is -1.32. The van der Waals surface area contributed by atoms with Crippen LogP contribution >= 0.6 is 0 Å².